The molecule has 1 aliphatic heterocycles. The predicted molar refractivity (Wildman–Crippen MR) is 42.0 cm³/mol. The van der Waals surface area contributed by atoms with E-state index in [-0.39, 0.29) is 23.8 Å². The van der Waals surface area contributed by atoms with Crippen molar-refractivity contribution in [2.24, 2.45) is 5.92 Å². The zero-order valence-electron chi connectivity index (χ0n) is 7.03. The van der Waals surface area contributed by atoms with Gasteiger partial charge in [-0.25, -0.2) is 4.79 Å². The molecule has 1 aliphatic rings. The molecule has 1 atom stereocenters. The van der Waals surface area contributed by atoms with Gasteiger partial charge in [-0.1, -0.05) is 13.8 Å². The maximum atomic E-state index is 11.1. The predicted octanol–water partition coefficient (Wildman–Crippen LogP) is 0.198. The summed E-state index contributed by atoms with van der Waals surface area (Å²) in [6, 6.07) is -0.323. The minimum Gasteiger partial charge on any atom is -0.408 e. The number of aldehydes is 1. The molecule has 0 saturated carbocycles. The van der Waals surface area contributed by atoms with Crippen molar-refractivity contribution in [1.82, 2.24) is 5.32 Å². The molecule has 1 N–H and O–H groups in total. The Bertz CT molecular complexity index is 232. The molecule has 0 amide bonds. The van der Waals surface area contributed by atoms with E-state index in [2.05, 4.69) is 5.32 Å². The minimum atomic E-state index is -0.323. The average Bonchev–Trinajstić information content (AvgIpc) is 2.32. The van der Waals surface area contributed by atoms with E-state index in [1.165, 1.54) is 6.08 Å². The van der Waals surface area contributed by atoms with Gasteiger partial charge in [0.25, 0.3) is 0 Å². The van der Waals surface area contributed by atoms with Crippen molar-refractivity contribution in [2.45, 2.75) is 19.9 Å². The number of hydrogen-bond donors (Lipinski definition) is 1. The van der Waals surface area contributed by atoms with Gasteiger partial charge in [-0.2, -0.15) is 0 Å². The largest absolute Gasteiger partial charge is 0.408 e. The zero-order valence-corrected chi connectivity index (χ0v) is 7.03. The number of rotatable bonds is 2. The molecule has 0 aromatic carbocycles. The normalized spacial score (nSPS) is 25.8. The van der Waals surface area contributed by atoms with Crippen molar-refractivity contribution >= 4 is 12.3 Å². The number of cyclic esters (lactones) is 1. The summed E-state index contributed by atoms with van der Waals surface area (Å²) in [5.41, 5.74) is 0. The first kappa shape index (κ1) is 8.77. The van der Waals surface area contributed by atoms with E-state index < -0.39 is 0 Å². The van der Waals surface area contributed by atoms with Gasteiger partial charge in [0.2, 0.25) is 5.88 Å². The quantitative estimate of drug-likeness (QED) is 0.364. The fraction of sp³-hybridized carbons (Fsp3) is 0.500. The average molecular weight is 169 g/mol. The lowest BCUT2D eigenvalue weighted by molar-refractivity contribution is -0.137. The number of hydrogen-bond acceptors (Lipinski definition) is 4. The lowest BCUT2D eigenvalue weighted by Crippen LogP contribution is -2.31. The summed E-state index contributed by atoms with van der Waals surface area (Å²) >= 11 is 0. The topological polar surface area (TPSA) is 55.4 Å². The molecule has 0 bridgehead atoms. The van der Waals surface area contributed by atoms with Crippen LogP contribution < -0.4 is 5.32 Å². The highest BCUT2D eigenvalue weighted by Gasteiger charge is 2.31. The van der Waals surface area contributed by atoms with Crippen LogP contribution in [0.3, 0.4) is 0 Å². The van der Waals surface area contributed by atoms with Crippen LogP contribution in [0.25, 0.3) is 0 Å². The fourth-order valence-electron chi connectivity index (χ4n) is 0.996. The van der Waals surface area contributed by atoms with Crippen molar-refractivity contribution in [3.8, 4) is 0 Å². The Morgan fingerprint density at radius 3 is 2.67 bits per heavy atom. The highest BCUT2D eigenvalue weighted by molar-refractivity contribution is 5.81. The second kappa shape index (κ2) is 3.38. The van der Waals surface area contributed by atoms with Crippen LogP contribution in [0.5, 0.6) is 0 Å². The third-order valence-corrected chi connectivity index (χ3v) is 1.65. The highest BCUT2D eigenvalue weighted by atomic mass is 16.6. The second-order valence-corrected chi connectivity index (χ2v) is 2.95. The Morgan fingerprint density at radius 2 is 2.25 bits per heavy atom. The van der Waals surface area contributed by atoms with E-state index in [4.69, 9.17) is 4.74 Å². The molecule has 0 radical (unpaired) electrons. The Kier molecular flexibility index (Phi) is 2.47. The van der Waals surface area contributed by atoms with Gasteiger partial charge in [0.05, 0.1) is 0 Å². The summed E-state index contributed by atoms with van der Waals surface area (Å²) < 4.78 is 4.76. The summed E-state index contributed by atoms with van der Waals surface area (Å²) in [6.45, 7) is 3.81. The van der Waals surface area contributed by atoms with Crippen molar-refractivity contribution in [2.75, 3.05) is 0 Å². The van der Waals surface area contributed by atoms with Gasteiger partial charge in [0.1, 0.15) is 12.3 Å². The van der Waals surface area contributed by atoms with Gasteiger partial charge in [0.15, 0.2) is 0 Å². The molecule has 1 rings (SSSR count). The van der Waals surface area contributed by atoms with Gasteiger partial charge >= 0.3 is 5.97 Å². The Labute approximate surface area is 70.6 Å². The van der Waals surface area contributed by atoms with Crippen LogP contribution in [0.4, 0.5) is 0 Å². The summed E-state index contributed by atoms with van der Waals surface area (Å²) in [5, 5.41) is 2.80. The third kappa shape index (κ3) is 1.64. The summed E-state index contributed by atoms with van der Waals surface area (Å²) in [6.07, 6.45) is 1.78. The molecule has 1 heterocycles. The van der Waals surface area contributed by atoms with Crippen LogP contribution in [0.2, 0.25) is 0 Å². The number of allylic oxidation sites excluding steroid dienone is 1. The van der Waals surface area contributed by atoms with Gasteiger partial charge in [-0.3, -0.25) is 4.79 Å². The van der Waals surface area contributed by atoms with Crippen molar-refractivity contribution in [3.63, 3.8) is 0 Å². The maximum absolute atomic E-state index is 11.1. The van der Waals surface area contributed by atoms with Crippen molar-refractivity contribution in [1.29, 1.82) is 0 Å². The van der Waals surface area contributed by atoms with Crippen LogP contribution in [0, 0.1) is 5.92 Å². The van der Waals surface area contributed by atoms with Gasteiger partial charge in [-0.15, -0.1) is 0 Å². The first-order valence-corrected chi connectivity index (χ1v) is 3.79. The Balaban J connectivity index is 2.68. The van der Waals surface area contributed by atoms with E-state index in [0.717, 1.165) is 0 Å². The molecule has 1 fully saturated rings. The Morgan fingerprint density at radius 1 is 1.58 bits per heavy atom. The van der Waals surface area contributed by atoms with E-state index >= 15 is 0 Å². The summed E-state index contributed by atoms with van der Waals surface area (Å²) in [5.74, 6) is 0.0850. The minimum absolute atomic E-state index is 0.162. The lowest BCUT2D eigenvalue weighted by atomic mass is 10.1. The zero-order chi connectivity index (χ0) is 9.14. The molecule has 66 valence electrons. The number of carbonyl (C=O) groups excluding carboxylic acids is 2. The summed E-state index contributed by atoms with van der Waals surface area (Å²) in [4.78, 5) is 21.1. The summed E-state index contributed by atoms with van der Waals surface area (Å²) in [7, 11) is 0. The van der Waals surface area contributed by atoms with Crippen molar-refractivity contribution < 1.29 is 14.3 Å². The van der Waals surface area contributed by atoms with Crippen molar-refractivity contribution in [3.05, 3.63) is 12.0 Å². The number of esters is 1. The molecule has 0 unspecified atom stereocenters. The molecular formula is C8H11NO3. The molecule has 1 saturated heterocycles. The second-order valence-electron chi connectivity index (χ2n) is 2.95. The third-order valence-electron chi connectivity index (χ3n) is 1.65. The molecule has 0 spiro atoms. The lowest BCUT2D eigenvalue weighted by Gasteiger charge is -2.08. The molecule has 0 aliphatic carbocycles. The van der Waals surface area contributed by atoms with E-state index in [9.17, 15) is 9.59 Å². The fourth-order valence-corrected chi connectivity index (χ4v) is 0.996. The van der Waals surface area contributed by atoms with Crippen LogP contribution in [0.1, 0.15) is 13.8 Å². The molecular weight excluding hydrogens is 158 g/mol. The van der Waals surface area contributed by atoms with Gasteiger partial charge < -0.3 is 10.1 Å². The molecule has 0 aromatic rings. The highest BCUT2D eigenvalue weighted by Crippen LogP contribution is 2.14. The molecule has 12 heavy (non-hydrogen) atoms. The van der Waals surface area contributed by atoms with Crippen LogP contribution in [-0.2, 0) is 14.3 Å². The smallest absolute Gasteiger partial charge is 0.335 e. The number of carbonyl (C=O) groups is 2. The van der Waals surface area contributed by atoms with Crippen LogP contribution in [0.15, 0.2) is 12.0 Å². The molecule has 4 nitrogen and oxygen atoms in total. The number of nitrogens with one attached hydrogen (secondary N) is 1. The first-order chi connectivity index (χ1) is 5.65. The van der Waals surface area contributed by atoms with Gasteiger partial charge in [0, 0.05) is 6.08 Å². The van der Waals surface area contributed by atoms with Gasteiger partial charge in [-0.05, 0) is 5.92 Å². The van der Waals surface area contributed by atoms with E-state index in [1.54, 1.807) is 0 Å². The maximum Gasteiger partial charge on any atom is 0.335 e. The SMILES string of the molecule is CC(C)[C@H]1N/C(=C\C=O)OC1=O. The Hall–Kier alpha value is -1.32. The molecule has 4 heteroatoms. The van der Waals surface area contributed by atoms with E-state index in [1.807, 2.05) is 13.8 Å². The standard InChI is InChI=1S/C8H11NO3/c1-5(2)7-8(11)12-6(9-7)3-4-10/h3-5,7,9H,1-2H3/b6-3+/t7-/m1/s1. The first-order valence-electron chi connectivity index (χ1n) is 3.79. The van der Waals surface area contributed by atoms with Crippen LogP contribution >= 0.6 is 0 Å². The molecule has 0 aromatic heterocycles. The van der Waals surface area contributed by atoms with Crippen LogP contribution in [-0.4, -0.2) is 18.3 Å². The monoisotopic (exact) mass is 169 g/mol. The number of ether oxygens (including phenoxy) is 1. The van der Waals surface area contributed by atoms with E-state index in [0.29, 0.717) is 6.29 Å².